The molecule has 0 saturated heterocycles. The lowest BCUT2D eigenvalue weighted by molar-refractivity contribution is -0.139. The van der Waals surface area contributed by atoms with E-state index in [-0.39, 0.29) is 0 Å². The maximum atomic E-state index is 10.7. The molecule has 0 amide bonds. The zero-order valence-electron chi connectivity index (χ0n) is 10.0. The summed E-state index contributed by atoms with van der Waals surface area (Å²) in [6, 6.07) is -0.556. The summed E-state index contributed by atoms with van der Waals surface area (Å²) >= 11 is 1.64. The first kappa shape index (κ1) is 12.1. The molecule has 0 spiro atoms. The fourth-order valence-corrected chi connectivity index (χ4v) is 2.55. The molecule has 2 N–H and O–H groups in total. The van der Waals surface area contributed by atoms with Crippen LogP contribution >= 0.6 is 11.3 Å². The number of thiazole rings is 1. The van der Waals surface area contributed by atoms with Crippen molar-refractivity contribution >= 4 is 22.3 Å². The Balaban J connectivity index is 2.22. The molecular formula is C11H15N3O2S. The summed E-state index contributed by atoms with van der Waals surface area (Å²) in [7, 11) is 0. The van der Waals surface area contributed by atoms with Gasteiger partial charge in [0, 0.05) is 17.6 Å². The lowest BCUT2D eigenvalue weighted by Gasteiger charge is -2.08. The van der Waals surface area contributed by atoms with Gasteiger partial charge in [0.25, 0.3) is 0 Å². The van der Waals surface area contributed by atoms with Gasteiger partial charge in [-0.3, -0.25) is 14.5 Å². The first-order chi connectivity index (χ1) is 7.99. The Morgan fingerprint density at radius 2 is 2.35 bits per heavy atom. The fourth-order valence-electron chi connectivity index (χ4n) is 1.66. The number of aromatic nitrogens is 2. The van der Waals surface area contributed by atoms with Crippen molar-refractivity contribution in [1.82, 2.24) is 14.7 Å². The summed E-state index contributed by atoms with van der Waals surface area (Å²) in [5.74, 6) is -0.843. The predicted molar refractivity (Wildman–Crippen MR) is 66.5 cm³/mol. The van der Waals surface area contributed by atoms with Crippen LogP contribution in [0.15, 0.2) is 6.20 Å². The second-order valence-electron chi connectivity index (χ2n) is 4.08. The summed E-state index contributed by atoms with van der Waals surface area (Å²) in [6.45, 7) is 6.12. The van der Waals surface area contributed by atoms with Crippen LogP contribution in [0.3, 0.4) is 0 Å². The fraction of sp³-hybridized carbons (Fsp3) is 0.455. The number of hydrogen-bond acceptors (Lipinski definition) is 4. The van der Waals surface area contributed by atoms with Crippen molar-refractivity contribution in [3.8, 4) is 0 Å². The van der Waals surface area contributed by atoms with Gasteiger partial charge in [0.1, 0.15) is 6.04 Å². The minimum Gasteiger partial charge on any atom is -0.480 e. The number of carbonyl (C=O) groups is 1. The van der Waals surface area contributed by atoms with Crippen LogP contribution in [0.4, 0.5) is 0 Å². The molecule has 92 valence electrons. The first-order valence-electron chi connectivity index (χ1n) is 5.39. The summed E-state index contributed by atoms with van der Waals surface area (Å²) in [4.78, 5) is 17.3. The van der Waals surface area contributed by atoms with Gasteiger partial charge >= 0.3 is 5.97 Å². The largest absolute Gasteiger partial charge is 0.480 e. The molecule has 5 nitrogen and oxygen atoms in total. The monoisotopic (exact) mass is 253 g/mol. The predicted octanol–water partition coefficient (Wildman–Crippen LogP) is 1.58. The van der Waals surface area contributed by atoms with Crippen molar-refractivity contribution in [2.45, 2.75) is 33.4 Å². The third-order valence-corrected chi connectivity index (χ3v) is 3.59. The van der Waals surface area contributed by atoms with Crippen LogP contribution in [0.1, 0.15) is 23.2 Å². The van der Waals surface area contributed by atoms with Crippen molar-refractivity contribution in [2.75, 3.05) is 0 Å². The van der Waals surface area contributed by atoms with Crippen LogP contribution in [0.25, 0.3) is 4.96 Å². The van der Waals surface area contributed by atoms with Gasteiger partial charge in [0.2, 0.25) is 0 Å². The van der Waals surface area contributed by atoms with Gasteiger partial charge in [0.05, 0.1) is 11.4 Å². The molecule has 0 fully saturated rings. The molecule has 2 heterocycles. The highest BCUT2D eigenvalue weighted by molar-refractivity contribution is 7.17. The number of carboxylic acid groups (broad SMARTS) is 1. The lowest BCUT2D eigenvalue weighted by Crippen LogP contribution is -2.33. The Morgan fingerprint density at radius 3 is 3.00 bits per heavy atom. The number of hydrogen-bond donors (Lipinski definition) is 2. The molecule has 2 rings (SSSR count). The summed E-state index contributed by atoms with van der Waals surface area (Å²) < 4.78 is 2.02. The van der Waals surface area contributed by atoms with Crippen LogP contribution in [0.5, 0.6) is 0 Å². The van der Waals surface area contributed by atoms with Gasteiger partial charge in [0.15, 0.2) is 4.96 Å². The van der Waals surface area contributed by atoms with Gasteiger partial charge in [-0.1, -0.05) is 0 Å². The number of rotatable bonds is 4. The molecule has 0 saturated carbocycles. The van der Waals surface area contributed by atoms with E-state index in [2.05, 4.69) is 10.3 Å². The van der Waals surface area contributed by atoms with Crippen molar-refractivity contribution < 1.29 is 9.90 Å². The molecule has 0 aliphatic heterocycles. The molecule has 17 heavy (non-hydrogen) atoms. The maximum Gasteiger partial charge on any atom is 0.320 e. The van der Waals surface area contributed by atoms with Crippen molar-refractivity contribution in [3.05, 3.63) is 22.5 Å². The Kier molecular flexibility index (Phi) is 3.17. The number of fused-ring (bicyclic) bond motifs is 1. The lowest BCUT2D eigenvalue weighted by atomic mass is 10.3. The van der Waals surface area contributed by atoms with E-state index >= 15 is 0 Å². The van der Waals surface area contributed by atoms with E-state index in [1.54, 1.807) is 18.3 Å². The third-order valence-electron chi connectivity index (χ3n) is 2.69. The molecule has 2 aromatic heterocycles. The molecule has 0 radical (unpaired) electrons. The zero-order chi connectivity index (χ0) is 12.6. The second-order valence-corrected chi connectivity index (χ2v) is 5.29. The Bertz CT molecular complexity index is 558. The first-order valence-corrected chi connectivity index (χ1v) is 6.21. The highest BCUT2D eigenvalue weighted by Crippen LogP contribution is 2.20. The Hall–Kier alpha value is -1.40. The summed E-state index contributed by atoms with van der Waals surface area (Å²) in [6.07, 6.45) is 2.03. The molecule has 0 aliphatic carbocycles. The highest BCUT2D eigenvalue weighted by atomic mass is 32.1. The average Bonchev–Trinajstić information content (AvgIpc) is 2.70. The Morgan fingerprint density at radius 1 is 1.65 bits per heavy atom. The van der Waals surface area contributed by atoms with E-state index < -0.39 is 12.0 Å². The Labute approximate surface area is 103 Å². The smallest absolute Gasteiger partial charge is 0.320 e. The van der Waals surface area contributed by atoms with Gasteiger partial charge in [-0.2, -0.15) is 0 Å². The molecule has 0 aromatic carbocycles. The van der Waals surface area contributed by atoms with Crippen LogP contribution in [-0.4, -0.2) is 26.5 Å². The molecule has 0 unspecified atom stereocenters. The molecule has 1 atom stereocenters. The molecule has 6 heteroatoms. The van der Waals surface area contributed by atoms with E-state index in [1.165, 1.54) is 4.88 Å². The van der Waals surface area contributed by atoms with Gasteiger partial charge in [-0.15, -0.1) is 11.3 Å². The quantitative estimate of drug-likeness (QED) is 0.868. The number of carboxylic acids is 1. The average molecular weight is 253 g/mol. The SMILES string of the molecule is Cc1cn2c(CN[C@H](C)C(=O)O)c(C)nc2s1. The highest BCUT2D eigenvalue weighted by Gasteiger charge is 2.14. The summed E-state index contributed by atoms with van der Waals surface area (Å²) in [5, 5.41) is 11.8. The standard InChI is InChI=1S/C11H15N3O2S/c1-6-5-14-9(4-12-8(3)10(15)16)7(2)13-11(14)17-6/h5,8,12H,4H2,1-3H3,(H,15,16)/t8-/m1/s1. The van der Waals surface area contributed by atoms with Crippen LogP contribution in [0, 0.1) is 13.8 Å². The topological polar surface area (TPSA) is 66.6 Å². The van der Waals surface area contributed by atoms with E-state index in [4.69, 9.17) is 5.11 Å². The van der Waals surface area contributed by atoms with Crippen molar-refractivity contribution in [3.63, 3.8) is 0 Å². The number of aliphatic carboxylic acids is 1. The van der Waals surface area contributed by atoms with Gasteiger partial charge in [-0.25, -0.2) is 4.98 Å². The van der Waals surface area contributed by atoms with Crippen molar-refractivity contribution in [2.24, 2.45) is 0 Å². The molecule has 0 aliphatic rings. The number of aryl methyl sites for hydroxylation is 2. The van der Waals surface area contributed by atoms with E-state index in [1.807, 2.05) is 24.4 Å². The number of imidazole rings is 1. The van der Waals surface area contributed by atoms with Crippen molar-refractivity contribution in [1.29, 1.82) is 0 Å². The van der Waals surface area contributed by atoms with Gasteiger partial charge in [-0.05, 0) is 20.8 Å². The minimum atomic E-state index is -0.843. The second kappa shape index (κ2) is 4.46. The number of nitrogens with zero attached hydrogens (tertiary/aromatic N) is 2. The molecular weight excluding hydrogens is 238 g/mol. The van der Waals surface area contributed by atoms with E-state index in [9.17, 15) is 4.79 Å². The minimum absolute atomic E-state index is 0.511. The number of nitrogens with one attached hydrogen (secondary N) is 1. The van der Waals surface area contributed by atoms with E-state index in [0.29, 0.717) is 6.54 Å². The summed E-state index contributed by atoms with van der Waals surface area (Å²) in [5.41, 5.74) is 1.97. The van der Waals surface area contributed by atoms with Gasteiger partial charge < -0.3 is 5.11 Å². The normalized spacial score (nSPS) is 13.1. The molecule has 0 bridgehead atoms. The van der Waals surface area contributed by atoms with Crippen LogP contribution < -0.4 is 5.32 Å². The molecule has 2 aromatic rings. The van der Waals surface area contributed by atoms with Crippen LogP contribution in [-0.2, 0) is 11.3 Å². The third kappa shape index (κ3) is 2.32. The zero-order valence-corrected chi connectivity index (χ0v) is 10.8. The van der Waals surface area contributed by atoms with Crippen LogP contribution in [0.2, 0.25) is 0 Å². The van der Waals surface area contributed by atoms with E-state index in [0.717, 1.165) is 16.3 Å². The maximum absolute atomic E-state index is 10.7.